The second-order valence-corrected chi connectivity index (χ2v) is 5.67. The number of tetrazole rings is 1. The molecule has 1 aliphatic rings. The number of likely N-dealkylation sites (N-methyl/N-ethyl adjacent to an activating group) is 1. The maximum absolute atomic E-state index is 12.3. The third-order valence-corrected chi connectivity index (χ3v) is 4.01. The zero-order valence-corrected chi connectivity index (χ0v) is 13.5. The molecular formula is C15H18N6O3. The highest BCUT2D eigenvalue weighted by molar-refractivity contribution is 5.86. The molecule has 1 aliphatic heterocycles. The van der Waals surface area contributed by atoms with Crippen LogP contribution in [0.3, 0.4) is 0 Å². The van der Waals surface area contributed by atoms with Crippen LogP contribution in [0, 0.1) is 0 Å². The summed E-state index contributed by atoms with van der Waals surface area (Å²) in [5.74, 6) is 0.253. The normalized spacial score (nSPS) is 17.9. The van der Waals surface area contributed by atoms with Gasteiger partial charge in [0.1, 0.15) is 12.1 Å². The van der Waals surface area contributed by atoms with Crippen LogP contribution in [0.5, 0.6) is 5.75 Å². The van der Waals surface area contributed by atoms with Crippen molar-refractivity contribution in [1.29, 1.82) is 0 Å². The fraction of sp³-hybridized carbons (Fsp3) is 0.400. The van der Waals surface area contributed by atoms with Crippen molar-refractivity contribution in [2.24, 2.45) is 0 Å². The Labute approximate surface area is 138 Å². The van der Waals surface area contributed by atoms with Gasteiger partial charge >= 0.3 is 0 Å². The molecule has 0 unspecified atom stereocenters. The monoisotopic (exact) mass is 330 g/mol. The van der Waals surface area contributed by atoms with Crippen LogP contribution >= 0.6 is 0 Å². The third-order valence-electron chi connectivity index (χ3n) is 4.01. The first-order valence-corrected chi connectivity index (χ1v) is 7.54. The minimum atomic E-state index is -0.212. The molecule has 1 fully saturated rings. The number of rotatable bonds is 4. The standard InChI is InChI=1S/C15H18N6O3/c1-11-7-20(8-14(22)19(11)2)15(23)9-24-13-5-3-4-12(6-13)21-10-16-17-18-21/h3-6,10-11H,7-9H2,1-2H3/t11-/m0/s1. The smallest absolute Gasteiger partial charge is 0.261 e. The van der Waals surface area contributed by atoms with E-state index in [9.17, 15) is 9.59 Å². The van der Waals surface area contributed by atoms with Crippen molar-refractivity contribution in [3.05, 3.63) is 30.6 Å². The van der Waals surface area contributed by atoms with E-state index in [-0.39, 0.29) is 31.0 Å². The number of ether oxygens (including phenoxy) is 1. The van der Waals surface area contributed by atoms with Gasteiger partial charge in [-0.05, 0) is 29.5 Å². The fourth-order valence-corrected chi connectivity index (χ4v) is 2.45. The molecule has 0 aliphatic carbocycles. The molecule has 1 atom stereocenters. The minimum Gasteiger partial charge on any atom is -0.484 e. The molecule has 126 valence electrons. The Morgan fingerprint density at radius 1 is 1.42 bits per heavy atom. The molecule has 1 saturated heterocycles. The van der Waals surface area contributed by atoms with Gasteiger partial charge in [0.05, 0.1) is 12.2 Å². The summed E-state index contributed by atoms with van der Waals surface area (Å²) in [5.41, 5.74) is 0.730. The van der Waals surface area contributed by atoms with Crippen molar-refractivity contribution in [2.75, 3.05) is 26.7 Å². The van der Waals surface area contributed by atoms with E-state index in [1.807, 2.05) is 13.0 Å². The van der Waals surface area contributed by atoms with Crippen LogP contribution in [0.2, 0.25) is 0 Å². The molecule has 0 radical (unpaired) electrons. The van der Waals surface area contributed by atoms with Gasteiger partial charge in [-0.2, -0.15) is 0 Å². The van der Waals surface area contributed by atoms with E-state index < -0.39 is 0 Å². The van der Waals surface area contributed by atoms with Crippen LogP contribution in [-0.2, 0) is 9.59 Å². The summed E-state index contributed by atoms with van der Waals surface area (Å²) in [6.07, 6.45) is 1.47. The zero-order chi connectivity index (χ0) is 17.1. The second kappa shape index (κ2) is 6.65. The average Bonchev–Trinajstić information content (AvgIpc) is 3.12. The SMILES string of the molecule is C[C@H]1CN(C(=O)COc2cccc(-n3cnnn3)c2)CC(=O)N1C. The topological polar surface area (TPSA) is 93.5 Å². The van der Waals surface area contributed by atoms with Crippen LogP contribution < -0.4 is 4.74 Å². The number of hydrogen-bond donors (Lipinski definition) is 0. The predicted octanol–water partition coefficient (Wildman–Crippen LogP) is -0.270. The molecule has 0 N–H and O–H groups in total. The largest absolute Gasteiger partial charge is 0.484 e. The maximum atomic E-state index is 12.3. The molecule has 9 nitrogen and oxygen atoms in total. The van der Waals surface area contributed by atoms with Crippen LogP contribution in [0.4, 0.5) is 0 Å². The molecule has 1 aromatic heterocycles. The number of benzene rings is 1. The van der Waals surface area contributed by atoms with Gasteiger partial charge in [0, 0.05) is 25.7 Å². The predicted molar refractivity (Wildman–Crippen MR) is 83.5 cm³/mol. The van der Waals surface area contributed by atoms with Crippen molar-refractivity contribution in [3.63, 3.8) is 0 Å². The molecule has 1 aromatic carbocycles. The van der Waals surface area contributed by atoms with E-state index in [0.717, 1.165) is 5.69 Å². The highest BCUT2D eigenvalue weighted by Gasteiger charge is 2.29. The Morgan fingerprint density at radius 3 is 2.96 bits per heavy atom. The number of hydrogen-bond acceptors (Lipinski definition) is 6. The Hall–Kier alpha value is -2.97. The number of nitrogens with zero attached hydrogens (tertiary/aromatic N) is 6. The summed E-state index contributed by atoms with van der Waals surface area (Å²) in [7, 11) is 1.75. The number of carbonyl (C=O) groups is 2. The van der Waals surface area contributed by atoms with Crippen molar-refractivity contribution in [2.45, 2.75) is 13.0 Å². The van der Waals surface area contributed by atoms with Crippen molar-refractivity contribution < 1.29 is 14.3 Å². The number of carbonyl (C=O) groups excluding carboxylic acids is 2. The van der Waals surface area contributed by atoms with E-state index in [2.05, 4.69) is 15.5 Å². The van der Waals surface area contributed by atoms with Gasteiger partial charge in [0.2, 0.25) is 5.91 Å². The summed E-state index contributed by atoms with van der Waals surface area (Å²) in [6, 6.07) is 7.10. The molecule has 2 heterocycles. The van der Waals surface area contributed by atoms with Gasteiger partial charge in [-0.25, -0.2) is 4.68 Å². The van der Waals surface area contributed by atoms with E-state index >= 15 is 0 Å². The number of piperazine rings is 1. The average molecular weight is 330 g/mol. The van der Waals surface area contributed by atoms with Gasteiger partial charge in [0.25, 0.3) is 5.91 Å². The summed E-state index contributed by atoms with van der Waals surface area (Å²) in [4.78, 5) is 27.3. The molecule has 0 saturated carbocycles. The third kappa shape index (κ3) is 3.34. The Morgan fingerprint density at radius 2 is 2.25 bits per heavy atom. The Balaban J connectivity index is 1.61. The van der Waals surface area contributed by atoms with Gasteiger partial charge < -0.3 is 14.5 Å². The molecule has 2 aromatic rings. The molecule has 0 bridgehead atoms. The van der Waals surface area contributed by atoms with Crippen molar-refractivity contribution >= 4 is 11.8 Å². The quantitative estimate of drug-likeness (QED) is 0.766. The fourth-order valence-electron chi connectivity index (χ4n) is 2.45. The van der Waals surface area contributed by atoms with E-state index in [1.165, 1.54) is 15.9 Å². The van der Waals surface area contributed by atoms with Crippen LogP contribution in [0.1, 0.15) is 6.92 Å². The van der Waals surface area contributed by atoms with Crippen molar-refractivity contribution in [3.8, 4) is 11.4 Å². The van der Waals surface area contributed by atoms with E-state index in [1.54, 1.807) is 30.1 Å². The summed E-state index contributed by atoms with van der Waals surface area (Å²) in [6.45, 7) is 2.39. The summed E-state index contributed by atoms with van der Waals surface area (Å²) >= 11 is 0. The first-order chi connectivity index (χ1) is 11.5. The lowest BCUT2D eigenvalue weighted by Crippen LogP contribution is -2.56. The van der Waals surface area contributed by atoms with Gasteiger partial charge in [-0.1, -0.05) is 6.07 Å². The number of amides is 2. The zero-order valence-electron chi connectivity index (χ0n) is 13.5. The molecule has 3 rings (SSSR count). The molecule has 24 heavy (non-hydrogen) atoms. The second-order valence-electron chi connectivity index (χ2n) is 5.67. The van der Waals surface area contributed by atoms with Crippen LogP contribution in [0.25, 0.3) is 5.69 Å². The lowest BCUT2D eigenvalue weighted by molar-refractivity contribution is -0.147. The Kier molecular flexibility index (Phi) is 4.41. The summed E-state index contributed by atoms with van der Waals surface area (Å²) < 4.78 is 7.05. The van der Waals surface area contributed by atoms with Crippen molar-refractivity contribution in [1.82, 2.24) is 30.0 Å². The van der Waals surface area contributed by atoms with Gasteiger partial charge in [-0.15, -0.1) is 5.10 Å². The first kappa shape index (κ1) is 15.9. The Bertz CT molecular complexity index is 733. The lowest BCUT2D eigenvalue weighted by atomic mass is 10.2. The lowest BCUT2D eigenvalue weighted by Gasteiger charge is -2.37. The highest BCUT2D eigenvalue weighted by Crippen LogP contribution is 2.16. The summed E-state index contributed by atoms with van der Waals surface area (Å²) in [5, 5.41) is 11.0. The minimum absolute atomic E-state index is 0.00153. The molecule has 0 spiro atoms. The van der Waals surface area contributed by atoms with E-state index in [0.29, 0.717) is 12.3 Å². The molecule has 2 amide bonds. The number of aromatic nitrogens is 4. The van der Waals surface area contributed by atoms with Gasteiger partial charge in [0.15, 0.2) is 6.61 Å². The highest BCUT2D eigenvalue weighted by atomic mass is 16.5. The van der Waals surface area contributed by atoms with Crippen LogP contribution in [0.15, 0.2) is 30.6 Å². The van der Waals surface area contributed by atoms with Gasteiger partial charge in [-0.3, -0.25) is 9.59 Å². The molecule has 9 heteroatoms. The first-order valence-electron chi connectivity index (χ1n) is 7.54. The molecular weight excluding hydrogens is 312 g/mol. The van der Waals surface area contributed by atoms with E-state index in [4.69, 9.17) is 4.74 Å². The maximum Gasteiger partial charge on any atom is 0.261 e. The van der Waals surface area contributed by atoms with Crippen LogP contribution in [-0.4, -0.2) is 74.6 Å².